The molecule has 32 heavy (non-hydrogen) atoms. The zero-order valence-electron chi connectivity index (χ0n) is 17.4. The number of hydrazone groups is 1. The molecule has 5 nitrogen and oxygen atoms in total. The Kier molecular flexibility index (Phi) is 7.65. The zero-order chi connectivity index (χ0) is 22.3. The van der Waals surface area contributed by atoms with E-state index in [-0.39, 0.29) is 5.91 Å². The number of hydrogen-bond acceptors (Lipinski definition) is 4. The topological polar surface area (TPSA) is 53.9 Å². The zero-order valence-corrected chi connectivity index (χ0v) is 20.3. The van der Waals surface area contributed by atoms with Crippen LogP contribution in [0.1, 0.15) is 34.3 Å². The second-order valence-electron chi connectivity index (χ2n) is 7.55. The summed E-state index contributed by atoms with van der Waals surface area (Å²) in [4.78, 5) is 14.7. The van der Waals surface area contributed by atoms with Crippen molar-refractivity contribution >= 4 is 52.0 Å². The minimum Gasteiger partial charge on any atom is -0.488 e. The molecule has 1 amide bonds. The average molecular weight is 560 g/mol. The third-order valence-corrected chi connectivity index (χ3v) is 6.34. The summed E-state index contributed by atoms with van der Waals surface area (Å²) in [7, 11) is 0. The summed E-state index contributed by atoms with van der Waals surface area (Å²) in [6, 6.07) is 21.0. The fourth-order valence-corrected chi connectivity index (χ4v) is 4.31. The molecule has 164 valence electrons. The molecule has 1 aliphatic heterocycles. The number of nitrogens with zero attached hydrogens (tertiary/aromatic N) is 2. The van der Waals surface area contributed by atoms with E-state index < -0.39 is 0 Å². The normalized spacial score (nSPS) is 13.5. The number of ether oxygens (including phenoxy) is 1. The molecule has 1 fully saturated rings. The van der Waals surface area contributed by atoms with E-state index in [4.69, 9.17) is 16.3 Å². The van der Waals surface area contributed by atoms with E-state index in [0.717, 1.165) is 39.2 Å². The quantitative estimate of drug-likeness (QED) is 0.223. The summed E-state index contributed by atoms with van der Waals surface area (Å²) in [5, 5.41) is 4.81. The average Bonchev–Trinajstić information content (AvgIpc) is 3.35. The molecule has 7 heteroatoms. The van der Waals surface area contributed by atoms with Gasteiger partial charge in [0.1, 0.15) is 12.4 Å². The summed E-state index contributed by atoms with van der Waals surface area (Å²) in [6.07, 6.45) is 4.08. The Morgan fingerprint density at radius 3 is 2.47 bits per heavy atom. The van der Waals surface area contributed by atoms with Crippen molar-refractivity contribution in [1.82, 2.24) is 5.43 Å². The number of carbonyl (C=O) groups is 1. The first-order valence-corrected chi connectivity index (χ1v) is 11.9. The first-order valence-electron chi connectivity index (χ1n) is 10.4. The van der Waals surface area contributed by atoms with Crippen LogP contribution in [-0.4, -0.2) is 25.2 Å². The molecule has 0 radical (unpaired) electrons. The minimum atomic E-state index is -0.230. The third-order valence-electron chi connectivity index (χ3n) is 5.24. The van der Waals surface area contributed by atoms with Crippen LogP contribution in [0.15, 0.2) is 71.8 Å². The number of halogens is 2. The van der Waals surface area contributed by atoms with E-state index in [0.29, 0.717) is 17.2 Å². The van der Waals surface area contributed by atoms with Crippen molar-refractivity contribution in [2.75, 3.05) is 18.0 Å². The molecule has 0 aromatic heterocycles. The Morgan fingerprint density at radius 1 is 1.06 bits per heavy atom. The summed E-state index contributed by atoms with van der Waals surface area (Å²) in [5.74, 6) is 0.562. The summed E-state index contributed by atoms with van der Waals surface area (Å²) in [5.41, 5.74) is 6.27. The molecule has 1 heterocycles. The number of carbonyl (C=O) groups excluding carboxylic acids is 1. The lowest BCUT2D eigenvalue weighted by atomic mass is 10.2. The Labute approximate surface area is 206 Å². The van der Waals surface area contributed by atoms with Crippen LogP contribution in [0, 0.1) is 3.57 Å². The van der Waals surface area contributed by atoms with Crippen molar-refractivity contribution < 1.29 is 9.53 Å². The predicted octanol–water partition coefficient (Wildman–Crippen LogP) is 5.89. The highest BCUT2D eigenvalue weighted by Crippen LogP contribution is 2.23. The molecule has 0 saturated carbocycles. The standard InChI is InChI=1S/C25H23ClIN3O2/c26-21-8-3-18(4-9-21)17-32-24-12-5-19(15-23(24)27)16-28-29-25(31)20-6-10-22(11-7-20)30-13-1-2-14-30/h3-12,15-16H,1-2,13-14,17H2,(H,29,31)/b28-16-. The molecule has 3 aromatic carbocycles. The maximum Gasteiger partial charge on any atom is 0.271 e. The molecule has 0 bridgehead atoms. The lowest BCUT2D eigenvalue weighted by Crippen LogP contribution is -2.19. The van der Waals surface area contributed by atoms with Crippen molar-refractivity contribution in [3.05, 3.63) is 92.0 Å². The summed E-state index contributed by atoms with van der Waals surface area (Å²) >= 11 is 8.14. The molecule has 1 N–H and O–H groups in total. The molecule has 3 aromatic rings. The van der Waals surface area contributed by atoms with Gasteiger partial charge in [0.2, 0.25) is 0 Å². The number of nitrogens with one attached hydrogen (secondary N) is 1. The van der Waals surface area contributed by atoms with Crippen molar-refractivity contribution in [1.29, 1.82) is 0 Å². The van der Waals surface area contributed by atoms with Gasteiger partial charge in [0, 0.05) is 29.4 Å². The van der Waals surface area contributed by atoms with Gasteiger partial charge in [-0.1, -0.05) is 23.7 Å². The number of rotatable bonds is 7. The Bertz CT molecular complexity index is 1100. The smallest absolute Gasteiger partial charge is 0.271 e. The maximum absolute atomic E-state index is 12.4. The van der Waals surface area contributed by atoms with Gasteiger partial charge in [-0.25, -0.2) is 5.43 Å². The minimum absolute atomic E-state index is 0.230. The van der Waals surface area contributed by atoms with Gasteiger partial charge in [-0.2, -0.15) is 5.10 Å². The maximum atomic E-state index is 12.4. The Hall–Kier alpha value is -2.58. The van der Waals surface area contributed by atoms with Crippen LogP contribution in [0.4, 0.5) is 5.69 Å². The molecule has 0 unspecified atom stereocenters. The van der Waals surface area contributed by atoms with Gasteiger partial charge in [-0.15, -0.1) is 0 Å². The van der Waals surface area contributed by atoms with Crippen LogP contribution in [-0.2, 0) is 6.61 Å². The first-order chi connectivity index (χ1) is 15.6. The second kappa shape index (κ2) is 10.8. The highest BCUT2D eigenvalue weighted by Gasteiger charge is 2.13. The molecule has 0 atom stereocenters. The van der Waals surface area contributed by atoms with Gasteiger partial charge in [-0.05, 0) is 101 Å². The fraction of sp³-hybridized carbons (Fsp3) is 0.200. The molecule has 1 saturated heterocycles. The van der Waals surface area contributed by atoms with Gasteiger partial charge >= 0.3 is 0 Å². The highest BCUT2D eigenvalue weighted by molar-refractivity contribution is 14.1. The lowest BCUT2D eigenvalue weighted by molar-refractivity contribution is 0.0955. The van der Waals surface area contributed by atoms with Crippen LogP contribution in [0.25, 0.3) is 0 Å². The van der Waals surface area contributed by atoms with E-state index in [2.05, 4.69) is 38.0 Å². The van der Waals surface area contributed by atoms with Crippen molar-refractivity contribution in [2.45, 2.75) is 19.4 Å². The van der Waals surface area contributed by atoms with E-state index in [9.17, 15) is 4.79 Å². The van der Waals surface area contributed by atoms with Crippen molar-refractivity contribution in [2.24, 2.45) is 5.10 Å². The van der Waals surface area contributed by atoms with Gasteiger partial charge < -0.3 is 9.64 Å². The van der Waals surface area contributed by atoms with E-state index >= 15 is 0 Å². The number of benzene rings is 3. The highest BCUT2D eigenvalue weighted by atomic mass is 127. The van der Waals surface area contributed by atoms with Crippen molar-refractivity contribution in [3.63, 3.8) is 0 Å². The van der Waals surface area contributed by atoms with Crippen LogP contribution >= 0.6 is 34.2 Å². The predicted molar refractivity (Wildman–Crippen MR) is 138 cm³/mol. The van der Waals surface area contributed by atoms with Crippen LogP contribution in [0.5, 0.6) is 5.75 Å². The number of hydrogen-bond donors (Lipinski definition) is 1. The molecular formula is C25H23ClIN3O2. The molecule has 4 rings (SSSR count). The van der Waals surface area contributed by atoms with Crippen LogP contribution < -0.4 is 15.1 Å². The van der Waals surface area contributed by atoms with Crippen LogP contribution in [0.2, 0.25) is 5.02 Å². The van der Waals surface area contributed by atoms with Gasteiger partial charge in [0.25, 0.3) is 5.91 Å². The Morgan fingerprint density at radius 2 is 1.78 bits per heavy atom. The monoisotopic (exact) mass is 559 g/mol. The number of anilines is 1. The summed E-state index contributed by atoms with van der Waals surface area (Å²) < 4.78 is 6.86. The van der Waals surface area contributed by atoms with Crippen LogP contribution in [0.3, 0.4) is 0 Å². The number of amides is 1. The molecule has 0 spiro atoms. The summed E-state index contributed by atoms with van der Waals surface area (Å²) in [6.45, 7) is 2.63. The van der Waals surface area contributed by atoms with E-state index in [1.54, 1.807) is 6.21 Å². The second-order valence-corrected chi connectivity index (χ2v) is 9.14. The van der Waals surface area contributed by atoms with Gasteiger partial charge in [-0.3, -0.25) is 4.79 Å². The third kappa shape index (κ3) is 6.01. The molecule has 1 aliphatic rings. The first kappa shape index (κ1) is 22.6. The van der Waals surface area contributed by atoms with E-state index in [1.165, 1.54) is 12.8 Å². The van der Waals surface area contributed by atoms with Gasteiger partial charge in [0.05, 0.1) is 9.78 Å². The lowest BCUT2D eigenvalue weighted by Gasteiger charge is -2.17. The fourth-order valence-electron chi connectivity index (χ4n) is 3.49. The molecular weight excluding hydrogens is 537 g/mol. The largest absolute Gasteiger partial charge is 0.488 e. The SMILES string of the molecule is O=C(N/N=C\c1ccc(OCc2ccc(Cl)cc2)c(I)c1)c1ccc(N2CCCC2)cc1. The Balaban J connectivity index is 1.30. The molecule has 0 aliphatic carbocycles. The van der Waals surface area contributed by atoms with Gasteiger partial charge in [0.15, 0.2) is 0 Å². The van der Waals surface area contributed by atoms with E-state index in [1.807, 2.05) is 66.7 Å². The van der Waals surface area contributed by atoms with Crippen molar-refractivity contribution in [3.8, 4) is 5.75 Å².